The van der Waals surface area contributed by atoms with Gasteiger partial charge in [0.2, 0.25) is 0 Å². The van der Waals surface area contributed by atoms with Crippen molar-refractivity contribution >= 4 is 0 Å². The first-order valence-electron chi connectivity index (χ1n) is 5.76. The van der Waals surface area contributed by atoms with Crippen LogP contribution in [0.1, 0.15) is 18.9 Å². The zero-order valence-corrected chi connectivity index (χ0v) is 10.4. The van der Waals surface area contributed by atoms with Crippen molar-refractivity contribution in [1.82, 2.24) is 0 Å². The average molecular weight is 245 g/mol. The Morgan fingerprint density at radius 1 is 1.39 bits per heavy atom. The number of hydrogen-bond acceptors (Lipinski definition) is 3. The van der Waals surface area contributed by atoms with Crippen LogP contribution in [0.15, 0.2) is 47.4 Å². The fraction of sp³-hybridized carbons (Fsp3) is 0.286. The van der Waals surface area contributed by atoms with Gasteiger partial charge in [-0.2, -0.15) is 4.84 Å². The van der Waals surface area contributed by atoms with Crippen LogP contribution in [-0.2, 0) is 4.84 Å². The molecule has 0 bridgehead atoms. The molecular weight excluding hydrogens is 230 g/mol. The van der Waals surface area contributed by atoms with Crippen molar-refractivity contribution in [3.63, 3.8) is 0 Å². The summed E-state index contributed by atoms with van der Waals surface area (Å²) in [6.45, 7) is 3.85. The maximum Gasteiger partial charge on any atom is 0.195 e. The van der Waals surface area contributed by atoms with Gasteiger partial charge in [-0.05, 0) is 42.5 Å². The third-order valence-electron chi connectivity index (χ3n) is 2.50. The number of aryl methyl sites for hydroxylation is 1. The topological polar surface area (TPSA) is 46.0 Å². The van der Waals surface area contributed by atoms with E-state index in [-0.39, 0.29) is 6.10 Å². The molecule has 0 spiro atoms. The SMILES string of the molecule is CC1=C=C=CC(O[NH+]([O-])Oc2cccc(C)c2)C1. The lowest BCUT2D eigenvalue weighted by atomic mass is 10.1. The van der Waals surface area contributed by atoms with Crippen LogP contribution in [-0.4, -0.2) is 6.10 Å². The number of hydrogen-bond donors (Lipinski definition) is 1. The fourth-order valence-corrected chi connectivity index (χ4v) is 1.67. The summed E-state index contributed by atoms with van der Waals surface area (Å²) in [5.74, 6) is 0.489. The molecule has 0 amide bonds. The third-order valence-corrected chi connectivity index (χ3v) is 2.50. The van der Waals surface area contributed by atoms with Crippen molar-refractivity contribution in [2.75, 3.05) is 0 Å². The highest BCUT2D eigenvalue weighted by molar-refractivity contribution is 5.26. The molecule has 0 fully saturated rings. The van der Waals surface area contributed by atoms with Crippen LogP contribution in [0.4, 0.5) is 0 Å². The molecule has 0 saturated heterocycles. The molecule has 4 nitrogen and oxygen atoms in total. The Morgan fingerprint density at radius 3 is 2.94 bits per heavy atom. The molecule has 1 aromatic carbocycles. The summed E-state index contributed by atoms with van der Waals surface area (Å²) < 4.78 is 0. The summed E-state index contributed by atoms with van der Waals surface area (Å²) in [7, 11) is 0. The summed E-state index contributed by atoms with van der Waals surface area (Å²) in [4.78, 5) is 10.3. The zero-order chi connectivity index (χ0) is 13.0. The van der Waals surface area contributed by atoms with E-state index in [4.69, 9.17) is 9.68 Å². The van der Waals surface area contributed by atoms with Gasteiger partial charge in [-0.25, -0.2) is 0 Å². The van der Waals surface area contributed by atoms with Crippen LogP contribution in [0, 0.1) is 12.1 Å². The molecule has 0 aromatic heterocycles. The molecule has 2 rings (SSSR count). The second kappa shape index (κ2) is 5.69. The van der Waals surface area contributed by atoms with E-state index in [1.54, 1.807) is 18.2 Å². The van der Waals surface area contributed by atoms with Crippen molar-refractivity contribution in [2.24, 2.45) is 0 Å². The van der Waals surface area contributed by atoms with Gasteiger partial charge in [-0.1, -0.05) is 23.6 Å². The largest absolute Gasteiger partial charge is 0.556 e. The van der Waals surface area contributed by atoms with Crippen LogP contribution in [0.25, 0.3) is 0 Å². The normalized spacial score (nSPS) is 19.5. The van der Waals surface area contributed by atoms with Crippen LogP contribution >= 0.6 is 0 Å². The van der Waals surface area contributed by atoms with E-state index in [9.17, 15) is 5.21 Å². The quantitative estimate of drug-likeness (QED) is 0.648. The van der Waals surface area contributed by atoms with Crippen LogP contribution in [0.3, 0.4) is 0 Å². The predicted molar refractivity (Wildman–Crippen MR) is 66.4 cm³/mol. The molecule has 0 heterocycles. The smallest absolute Gasteiger partial charge is 0.195 e. The van der Waals surface area contributed by atoms with E-state index < -0.39 is 5.39 Å². The van der Waals surface area contributed by atoms with Crippen molar-refractivity contribution in [2.45, 2.75) is 26.4 Å². The molecule has 1 aromatic rings. The van der Waals surface area contributed by atoms with Crippen molar-refractivity contribution < 1.29 is 15.1 Å². The van der Waals surface area contributed by atoms with Gasteiger partial charge in [0.1, 0.15) is 0 Å². The molecule has 4 heteroatoms. The maximum absolute atomic E-state index is 11.6. The van der Waals surface area contributed by atoms with E-state index in [0.29, 0.717) is 12.2 Å². The van der Waals surface area contributed by atoms with Crippen LogP contribution < -0.4 is 10.2 Å². The summed E-state index contributed by atoms with van der Waals surface area (Å²) in [5.41, 5.74) is 7.77. The molecule has 18 heavy (non-hydrogen) atoms. The van der Waals surface area contributed by atoms with Crippen LogP contribution in [0.5, 0.6) is 5.75 Å². The maximum atomic E-state index is 11.6. The highest BCUT2D eigenvalue weighted by atomic mass is 17.1. The number of nitrogens with one attached hydrogen (secondary N) is 1. The fourth-order valence-electron chi connectivity index (χ4n) is 1.67. The minimum absolute atomic E-state index is 0.316. The van der Waals surface area contributed by atoms with E-state index in [0.717, 1.165) is 11.1 Å². The molecule has 2 atom stereocenters. The first-order valence-corrected chi connectivity index (χ1v) is 5.76. The van der Waals surface area contributed by atoms with Crippen molar-refractivity contribution in [3.05, 3.63) is 58.1 Å². The lowest BCUT2D eigenvalue weighted by Gasteiger charge is -2.22. The molecule has 1 aliphatic rings. The third kappa shape index (κ3) is 3.60. The Kier molecular flexibility index (Phi) is 4.00. The van der Waals surface area contributed by atoms with Gasteiger partial charge in [0.25, 0.3) is 0 Å². The standard InChI is InChI=1S/C14H15NO3/c1-11-5-3-7-13(9-11)17-15(16)18-14-8-4-6-12(2)10-14/h3,5,7-9,14-15H,10H2,1-2H3. The summed E-state index contributed by atoms with van der Waals surface area (Å²) in [6, 6.07) is 7.26. The predicted octanol–water partition coefficient (Wildman–Crippen LogP) is 1.63. The van der Waals surface area contributed by atoms with Gasteiger partial charge in [0, 0.05) is 12.5 Å². The molecule has 0 aliphatic heterocycles. The van der Waals surface area contributed by atoms with Gasteiger partial charge in [0.05, 0.1) is 0 Å². The minimum Gasteiger partial charge on any atom is -0.556 e. The number of rotatable bonds is 4. The van der Waals surface area contributed by atoms with Gasteiger partial charge < -0.3 is 5.21 Å². The Bertz CT molecular complexity index is 526. The average Bonchev–Trinajstić information content (AvgIpc) is 2.28. The molecule has 1 aliphatic carbocycles. The summed E-state index contributed by atoms with van der Waals surface area (Å²) in [5, 5.41) is 10.9. The summed E-state index contributed by atoms with van der Waals surface area (Å²) in [6.07, 6.45) is 1.99. The van der Waals surface area contributed by atoms with Gasteiger partial charge >= 0.3 is 0 Å². The molecule has 2 unspecified atom stereocenters. The van der Waals surface area contributed by atoms with Gasteiger partial charge in [-0.3, -0.25) is 4.84 Å². The monoisotopic (exact) mass is 245 g/mol. The van der Waals surface area contributed by atoms with E-state index >= 15 is 0 Å². The second-order valence-electron chi connectivity index (χ2n) is 4.25. The highest BCUT2D eigenvalue weighted by Gasteiger charge is 2.14. The summed E-state index contributed by atoms with van der Waals surface area (Å²) >= 11 is 0. The molecule has 0 saturated carbocycles. The Labute approximate surface area is 106 Å². The Hall–Kier alpha value is -1.80. The van der Waals surface area contributed by atoms with E-state index in [1.165, 1.54) is 0 Å². The first-order chi connectivity index (χ1) is 8.63. The molecular formula is C14H15NO3. The molecule has 94 valence electrons. The zero-order valence-electron chi connectivity index (χ0n) is 10.4. The minimum atomic E-state index is -0.696. The van der Waals surface area contributed by atoms with Crippen molar-refractivity contribution in [3.8, 4) is 5.75 Å². The number of quaternary nitrogens is 1. The Balaban J connectivity index is 1.90. The second-order valence-corrected chi connectivity index (χ2v) is 4.25. The van der Waals surface area contributed by atoms with E-state index in [1.807, 2.05) is 26.0 Å². The van der Waals surface area contributed by atoms with Gasteiger partial charge in [-0.15, -0.1) is 0 Å². The lowest BCUT2D eigenvalue weighted by Crippen LogP contribution is -3.09. The first kappa shape index (κ1) is 12.7. The molecule has 1 N–H and O–H groups in total. The van der Waals surface area contributed by atoms with Crippen LogP contribution in [0.2, 0.25) is 0 Å². The van der Waals surface area contributed by atoms with Gasteiger partial charge in [0.15, 0.2) is 11.9 Å². The van der Waals surface area contributed by atoms with Crippen molar-refractivity contribution in [1.29, 1.82) is 0 Å². The lowest BCUT2D eigenvalue weighted by molar-refractivity contribution is -1.19. The van der Waals surface area contributed by atoms with E-state index in [2.05, 4.69) is 11.5 Å². The molecule has 0 radical (unpaired) electrons. The highest BCUT2D eigenvalue weighted by Crippen LogP contribution is 2.11. The number of benzene rings is 1. The Morgan fingerprint density at radius 2 is 2.22 bits per heavy atom.